The molecule has 0 aromatic heterocycles. The number of hydrogen-bond donors (Lipinski definition) is 2. The Labute approximate surface area is 167 Å². The Balaban J connectivity index is 2.49. The first-order chi connectivity index (χ1) is 13.3. The second kappa shape index (κ2) is 9.70. The van der Waals surface area contributed by atoms with Crippen LogP contribution in [-0.4, -0.2) is 23.2 Å². The van der Waals surface area contributed by atoms with Gasteiger partial charge in [0.1, 0.15) is 4.90 Å². The predicted molar refractivity (Wildman–Crippen MR) is 99.3 cm³/mol. The lowest BCUT2D eigenvalue weighted by Gasteiger charge is -2.06. The van der Waals surface area contributed by atoms with Crippen LogP contribution in [0.4, 0.5) is 11.4 Å². The lowest BCUT2D eigenvalue weighted by molar-refractivity contribution is -0.432. The monoisotopic (exact) mass is 447 g/mol. The van der Waals surface area contributed by atoms with Crippen LogP contribution < -0.4 is 0 Å². The molecular weight excluding hydrogens is 438 g/mol. The molecular formula is C14H10ClN3O8S2. The molecule has 0 bridgehead atoms. The van der Waals surface area contributed by atoms with Crippen molar-refractivity contribution in [3.8, 4) is 0 Å². The van der Waals surface area contributed by atoms with Crippen LogP contribution in [-0.2, 0) is 19.5 Å². The van der Waals surface area contributed by atoms with Gasteiger partial charge in [-0.15, -0.1) is 9.45 Å². The Morgan fingerprint density at radius 3 is 2.46 bits per heavy atom. The number of nitro benzene ring substituents is 1. The van der Waals surface area contributed by atoms with Crippen LogP contribution >= 0.6 is 23.8 Å². The number of hydrogen-bond acceptors (Lipinski definition) is 10. The van der Waals surface area contributed by atoms with E-state index < -0.39 is 25.6 Å². The van der Waals surface area contributed by atoms with Gasteiger partial charge in [0.15, 0.2) is 0 Å². The van der Waals surface area contributed by atoms with Crippen LogP contribution in [0.1, 0.15) is 11.1 Å². The van der Waals surface area contributed by atoms with E-state index in [-0.39, 0.29) is 5.56 Å². The Bertz CT molecular complexity index is 1040. The van der Waals surface area contributed by atoms with E-state index in [1.54, 1.807) is 6.07 Å². The summed E-state index contributed by atoms with van der Waals surface area (Å²) in [5, 5.41) is 26.3. The molecule has 0 amide bonds. The fourth-order valence-corrected chi connectivity index (χ4v) is 3.36. The first-order valence-electron chi connectivity index (χ1n) is 7.01. The van der Waals surface area contributed by atoms with Crippen LogP contribution in [0.15, 0.2) is 55.9 Å². The van der Waals surface area contributed by atoms with Crippen LogP contribution in [0.25, 0.3) is 12.2 Å². The summed E-state index contributed by atoms with van der Waals surface area (Å²) < 4.78 is 40.0. The highest BCUT2D eigenvalue weighted by Gasteiger charge is 2.19. The minimum absolute atomic E-state index is 0.00731. The lowest BCUT2D eigenvalue weighted by atomic mass is 10.1. The SMILES string of the molecule is O=[N+]([O-])c1ccc(/C=C/c2ccc(N=NCl)cc2SOOO)c(S(=O)(=O)O)c1. The van der Waals surface area contributed by atoms with Gasteiger partial charge < -0.3 is 0 Å². The summed E-state index contributed by atoms with van der Waals surface area (Å²) in [5.74, 6) is 0. The molecule has 14 heteroatoms. The zero-order chi connectivity index (χ0) is 20.7. The fraction of sp³-hybridized carbons (Fsp3) is 0. The van der Waals surface area contributed by atoms with E-state index in [0.29, 0.717) is 28.2 Å². The highest BCUT2D eigenvalue weighted by atomic mass is 35.5. The van der Waals surface area contributed by atoms with E-state index >= 15 is 0 Å². The second-order valence-electron chi connectivity index (χ2n) is 4.91. The van der Waals surface area contributed by atoms with E-state index in [0.717, 1.165) is 12.1 Å². The van der Waals surface area contributed by atoms with Gasteiger partial charge in [-0.1, -0.05) is 27.9 Å². The van der Waals surface area contributed by atoms with Crippen molar-refractivity contribution in [3.63, 3.8) is 0 Å². The van der Waals surface area contributed by atoms with Gasteiger partial charge in [-0.05, 0) is 29.3 Å². The first-order valence-corrected chi connectivity index (χ1v) is 9.53. The standard InChI is InChI=1S/C14H10ClN3O8S2/c15-17-16-11-5-3-9(13(7-11)27-26-25-21)1-2-10-4-6-12(18(19)20)8-14(10)28(22,23)24/h1-8,21H,(H,22,23,24)/b2-1+,17-16?. The maximum Gasteiger partial charge on any atom is 0.295 e. The highest BCUT2D eigenvalue weighted by Crippen LogP contribution is 2.31. The van der Waals surface area contributed by atoms with Crippen molar-refractivity contribution in [3.05, 3.63) is 57.6 Å². The molecule has 0 spiro atoms. The molecule has 148 valence electrons. The van der Waals surface area contributed by atoms with E-state index in [9.17, 15) is 23.1 Å². The molecule has 0 saturated heterocycles. The molecule has 2 aromatic carbocycles. The van der Waals surface area contributed by atoms with Crippen molar-refractivity contribution in [1.29, 1.82) is 0 Å². The molecule has 0 atom stereocenters. The molecule has 0 unspecified atom stereocenters. The summed E-state index contributed by atoms with van der Waals surface area (Å²) in [6, 6.07) is 7.59. The molecule has 0 aliphatic heterocycles. The van der Waals surface area contributed by atoms with Gasteiger partial charge in [-0.2, -0.15) is 8.42 Å². The first kappa shape index (κ1) is 21.9. The maximum absolute atomic E-state index is 11.6. The summed E-state index contributed by atoms with van der Waals surface area (Å²) in [7, 11) is -4.71. The number of nitro groups is 1. The smallest absolute Gasteiger partial charge is 0.282 e. The van der Waals surface area contributed by atoms with Crippen LogP contribution in [0.3, 0.4) is 0 Å². The minimum atomic E-state index is -4.71. The third-order valence-electron chi connectivity index (χ3n) is 3.23. The number of benzene rings is 2. The molecule has 0 aliphatic rings. The van der Waals surface area contributed by atoms with Crippen molar-refractivity contribution in [1.82, 2.24) is 0 Å². The zero-order valence-electron chi connectivity index (χ0n) is 13.5. The molecule has 11 nitrogen and oxygen atoms in total. The Morgan fingerprint density at radius 2 is 1.86 bits per heavy atom. The molecule has 0 fully saturated rings. The van der Waals surface area contributed by atoms with Crippen LogP contribution in [0, 0.1) is 10.1 Å². The van der Waals surface area contributed by atoms with Gasteiger partial charge in [0.05, 0.1) is 34.4 Å². The average molecular weight is 448 g/mol. The second-order valence-corrected chi connectivity index (χ2v) is 7.19. The zero-order valence-corrected chi connectivity index (χ0v) is 15.9. The quantitative estimate of drug-likeness (QED) is 0.111. The van der Waals surface area contributed by atoms with Gasteiger partial charge in [-0.25, -0.2) is 5.26 Å². The van der Waals surface area contributed by atoms with E-state index in [1.807, 2.05) is 0 Å². The van der Waals surface area contributed by atoms with E-state index in [1.165, 1.54) is 30.4 Å². The topological polar surface area (TPSA) is 161 Å². The molecule has 0 saturated carbocycles. The summed E-state index contributed by atoms with van der Waals surface area (Å²) in [4.78, 5) is 9.80. The molecule has 2 N–H and O–H groups in total. The van der Waals surface area contributed by atoms with Crippen molar-refractivity contribution in [2.45, 2.75) is 9.79 Å². The van der Waals surface area contributed by atoms with Crippen LogP contribution in [0.5, 0.6) is 0 Å². The average Bonchev–Trinajstić information content (AvgIpc) is 2.64. The highest BCUT2D eigenvalue weighted by molar-refractivity contribution is 7.94. The molecule has 2 rings (SSSR count). The lowest BCUT2D eigenvalue weighted by Crippen LogP contribution is -2.02. The Kier molecular flexibility index (Phi) is 7.59. The van der Waals surface area contributed by atoms with Gasteiger partial charge in [0.2, 0.25) is 0 Å². The third-order valence-corrected chi connectivity index (χ3v) is 4.88. The number of non-ortho nitro benzene ring substituents is 1. The van der Waals surface area contributed by atoms with Gasteiger partial charge in [0, 0.05) is 17.0 Å². The van der Waals surface area contributed by atoms with Crippen molar-refractivity contribution in [2.75, 3.05) is 0 Å². The van der Waals surface area contributed by atoms with E-state index in [4.69, 9.17) is 17.0 Å². The molecule has 2 aromatic rings. The van der Waals surface area contributed by atoms with Crippen molar-refractivity contribution >= 4 is 57.5 Å². The molecule has 0 heterocycles. The third kappa shape index (κ3) is 5.80. The normalized spacial score (nSPS) is 12.1. The van der Waals surface area contributed by atoms with Crippen molar-refractivity contribution in [2.24, 2.45) is 9.75 Å². The molecule has 0 aliphatic carbocycles. The van der Waals surface area contributed by atoms with Crippen LogP contribution in [0.2, 0.25) is 0 Å². The largest absolute Gasteiger partial charge is 0.295 e. The maximum atomic E-state index is 11.6. The van der Waals surface area contributed by atoms with Gasteiger partial charge >= 0.3 is 0 Å². The van der Waals surface area contributed by atoms with Gasteiger partial charge in [-0.3, -0.25) is 14.7 Å². The fourth-order valence-electron chi connectivity index (χ4n) is 2.07. The van der Waals surface area contributed by atoms with Crippen molar-refractivity contribution < 1.29 is 32.5 Å². The number of rotatable bonds is 8. The predicted octanol–water partition coefficient (Wildman–Crippen LogP) is 4.68. The summed E-state index contributed by atoms with van der Waals surface area (Å²) in [6.07, 6.45) is 2.76. The number of nitrogens with zero attached hydrogens (tertiary/aromatic N) is 3. The summed E-state index contributed by atoms with van der Waals surface area (Å²) in [6.45, 7) is 0. The Hall–Kier alpha value is -2.39. The number of halogens is 1. The Morgan fingerprint density at radius 1 is 1.18 bits per heavy atom. The summed E-state index contributed by atoms with van der Waals surface area (Å²) >= 11 is 5.80. The van der Waals surface area contributed by atoms with E-state index in [2.05, 4.69) is 19.1 Å². The summed E-state index contributed by atoms with van der Waals surface area (Å²) in [5.41, 5.74) is 0.332. The minimum Gasteiger partial charge on any atom is -0.282 e. The van der Waals surface area contributed by atoms with Gasteiger partial charge in [0.25, 0.3) is 15.8 Å². The molecule has 28 heavy (non-hydrogen) atoms. The molecule has 0 radical (unpaired) electrons.